The van der Waals surface area contributed by atoms with Crippen molar-refractivity contribution in [3.63, 3.8) is 0 Å². The number of carbonyl (C=O) groups excluding carboxylic acids is 1. The predicted molar refractivity (Wildman–Crippen MR) is 92.0 cm³/mol. The van der Waals surface area contributed by atoms with E-state index in [1.54, 1.807) is 0 Å². The summed E-state index contributed by atoms with van der Waals surface area (Å²) < 4.78 is 11.7. The standard InChI is InChI=1S/C17H30N2O3.ClH/c20-17(16-6-1-3-9-18-16)19-10-7-14(8-11-19)22-13-15-5-2-4-12-21-15;/h14-16,18H,1-13H2;1H. The van der Waals surface area contributed by atoms with Gasteiger partial charge in [-0.1, -0.05) is 6.42 Å². The average molecular weight is 347 g/mol. The molecule has 3 fully saturated rings. The number of nitrogens with one attached hydrogen (secondary N) is 1. The largest absolute Gasteiger partial charge is 0.376 e. The van der Waals surface area contributed by atoms with E-state index in [9.17, 15) is 4.79 Å². The zero-order valence-electron chi connectivity index (χ0n) is 14.0. The molecular formula is C17H31ClN2O3. The lowest BCUT2D eigenvalue weighted by Gasteiger charge is -2.36. The molecule has 0 bridgehead atoms. The lowest BCUT2D eigenvalue weighted by Crippen LogP contribution is -2.51. The number of carbonyl (C=O) groups is 1. The van der Waals surface area contributed by atoms with Crippen molar-refractivity contribution in [3.05, 3.63) is 0 Å². The van der Waals surface area contributed by atoms with Crippen molar-refractivity contribution < 1.29 is 14.3 Å². The van der Waals surface area contributed by atoms with E-state index >= 15 is 0 Å². The Balaban J connectivity index is 0.00000192. The Morgan fingerprint density at radius 3 is 2.52 bits per heavy atom. The molecule has 0 aromatic carbocycles. The quantitative estimate of drug-likeness (QED) is 0.847. The molecule has 6 heteroatoms. The second-order valence-corrected chi connectivity index (χ2v) is 6.85. The molecule has 0 saturated carbocycles. The van der Waals surface area contributed by atoms with Gasteiger partial charge >= 0.3 is 0 Å². The molecule has 1 N–H and O–H groups in total. The first kappa shape index (κ1) is 19.0. The molecule has 2 atom stereocenters. The molecule has 0 spiro atoms. The molecule has 2 unspecified atom stereocenters. The molecule has 0 aromatic rings. The van der Waals surface area contributed by atoms with Crippen LogP contribution in [0.1, 0.15) is 51.4 Å². The number of amides is 1. The summed E-state index contributed by atoms with van der Waals surface area (Å²) in [5, 5.41) is 3.36. The second kappa shape index (κ2) is 9.82. The van der Waals surface area contributed by atoms with Crippen molar-refractivity contribution in [3.8, 4) is 0 Å². The van der Waals surface area contributed by atoms with Crippen LogP contribution in [0.3, 0.4) is 0 Å². The predicted octanol–water partition coefficient (Wildman–Crippen LogP) is 2.13. The van der Waals surface area contributed by atoms with Gasteiger partial charge in [0.1, 0.15) is 0 Å². The van der Waals surface area contributed by atoms with Crippen molar-refractivity contribution >= 4 is 18.3 Å². The fraction of sp³-hybridized carbons (Fsp3) is 0.941. The van der Waals surface area contributed by atoms with Crippen LogP contribution in [0.4, 0.5) is 0 Å². The minimum Gasteiger partial charge on any atom is -0.376 e. The molecule has 0 radical (unpaired) electrons. The van der Waals surface area contributed by atoms with Crippen LogP contribution in [0.2, 0.25) is 0 Å². The van der Waals surface area contributed by atoms with E-state index in [4.69, 9.17) is 9.47 Å². The third-order valence-electron chi connectivity index (χ3n) is 5.15. The smallest absolute Gasteiger partial charge is 0.239 e. The van der Waals surface area contributed by atoms with Crippen LogP contribution in [0.25, 0.3) is 0 Å². The van der Waals surface area contributed by atoms with Crippen LogP contribution in [-0.4, -0.2) is 61.9 Å². The van der Waals surface area contributed by atoms with Gasteiger partial charge in [0.05, 0.1) is 24.9 Å². The van der Waals surface area contributed by atoms with Gasteiger partial charge in [-0.25, -0.2) is 0 Å². The monoisotopic (exact) mass is 346 g/mol. The SMILES string of the molecule is Cl.O=C(C1CCCCN1)N1CCC(OCC2CCCCO2)CC1. The van der Waals surface area contributed by atoms with E-state index in [0.717, 1.165) is 58.5 Å². The summed E-state index contributed by atoms with van der Waals surface area (Å²) in [6.07, 6.45) is 9.46. The summed E-state index contributed by atoms with van der Waals surface area (Å²) >= 11 is 0. The van der Waals surface area contributed by atoms with E-state index < -0.39 is 0 Å². The lowest BCUT2D eigenvalue weighted by molar-refractivity contribution is -0.137. The van der Waals surface area contributed by atoms with Crippen LogP contribution in [-0.2, 0) is 14.3 Å². The highest BCUT2D eigenvalue weighted by Crippen LogP contribution is 2.19. The van der Waals surface area contributed by atoms with Gasteiger partial charge in [0.15, 0.2) is 0 Å². The zero-order chi connectivity index (χ0) is 15.2. The van der Waals surface area contributed by atoms with Gasteiger partial charge in [-0.3, -0.25) is 4.79 Å². The van der Waals surface area contributed by atoms with Crippen LogP contribution < -0.4 is 5.32 Å². The van der Waals surface area contributed by atoms with E-state index in [2.05, 4.69) is 5.32 Å². The topological polar surface area (TPSA) is 50.8 Å². The third-order valence-corrected chi connectivity index (χ3v) is 5.15. The molecule has 23 heavy (non-hydrogen) atoms. The second-order valence-electron chi connectivity index (χ2n) is 6.85. The zero-order valence-corrected chi connectivity index (χ0v) is 14.8. The minimum atomic E-state index is 0. The van der Waals surface area contributed by atoms with Crippen LogP contribution in [0.5, 0.6) is 0 Å². The fourth-order valence-electron chi connectivity index (χ4n) is 3.71. The van der Waals surface area contributed by atoms with Gasteiger partial charge in [-0.15, -0.1) is 12.4 Å². The molecule has 134 valence electrons. The Labute approximate surface area is 145 Å². The van der Waals surface area contributed by atoms with Gasteiger partial charge in [-0.2, -0.15) is 0 Å². The Kier molecular flexibility index (Phi) is 8.10. The summed E-state index contributed by atoms with van der Waals surface area (Å²) in [6.45, 7) is 4.27. The van der Waals surface area contributed by atoms with Gasteiger partial charge in [0.2, 0.25) is 5.91 Å². The number of halogens is 1. The van der Waals surface area contributed by atoms with E-state index in [-0.39, 0.29) is 18.4 Å². The molecule has 3 rings (SSSR count). The molecule has 0 aromatic heterocycles. The molecular weight excluding hydrogens is 316 g/mol. The average Bonchev–Trinajstić information content (AvgIpc) is 2.61. The van der Waals surface area contributed by atoms with Gasteiger partial charge in [-0.05, 0) is 51.5 Å². The highest BCUT2D eigenvalue weighted by atomic mass is 35.5. The maximum atomic E-state index is 12.5. The molecule has 3 saturated heterocycles. The maximum absolute atomic E-state index is 12.5. The Morgan fingerprint density at radius 1 is 1.09 bits per heavy atom. The molecule has 5 nitrogen and oxygen atoms in total. The first-order valence-corrected chi connectivity index (χ1v) is 9.08. The van der Waals surface area contributed by atoms with Gasteiger partial charge in [0.25, 0.3) is 0 Å². The number of ether oxygens (including phenoxy) is 2. The fourth-order valence-corrected chi connectivity index (χ4v) is 3.71. The Morgan fingerprint density at radius 2 is 1.87 bits per heavy atom. The minimum absolute atomic E-state index is 0. The number of hydrogen-bond donors (Lipinski definition) is 1. The number of nitrogens with zero attached hydrogens (tertiary/aromatic N) is 1. The first-order valence-electron chi connectivity index (χ1n) is 9.08. The van der Waals surface area contributed by atoms with Crippen molar-refractivity contribution in [2.75, 3.05) is 32.8 Å². The summed E-state index contributed by atoms with van der Waals surface area (Å²) in [4.78, 5) is 14.5. The Hall–Kier alpha value is -0.360. The first-order chi connectivity index (χ1) is 10.8. The number of rotatable bonds is 4. The van der Waals surface area contributed by atoms with E-state index in [0.29, 0.717) is 18.1 Å². The van der Waals surface area contributed by atoms with Gasteiger partial charge < -0.3 is 19.7 Å². The van der Waals surface area contributed by atoms with Gasteiger partial charge in [0, 0.05) is 19.7 Å². The van der Waals surface area contributed by atoms with Crippen molar-refractivity contribution in [2.45, 2.75) is 69.6 Å². The van der Waals surface area contributed by atoms with Crippen molar-refractivity contribution in [1.82, 2.24) is 10.2 Å². The number of hydrogen-bond acceptors (Lipinski definition) is 4. The van der Waals surface area contributed by atoms with Crippen molar-refractivity contribution in [2.24, 2.45) is 0 Å². The molecule has 3 heterocycles. The summed E-state index contributed by atoms with van der Waals surface area (Å²) in [5.41, 5.74) is 0. The molecule has 3 aliphatic heterocycles. The normalized spacial score (nSPS) is 29.8. The Bertz CT molecular complexity index is 350. The van der Waals surface area contributed by atoms with Crippen LogP contribution in [0.15, 0.2) is 0 Å². The highest BCUT2D eigenvalue weighted by Gasteiger charge is 2.29. The third kappa shape index (κ3) is 5.59. The molecule has 0 aliphatic carbocycles. The summed E-state index contributed by atoms with van der Waals surface area (Å²) in [7, 11) is 0. The summed E-state index contributed by atoms with van der Waals surface area (Å²) in [5.74, 6) is 0.300. The van der Waals surface area contributed by atoms with Crippen LogP contribution >= 0.6 is 12.4 Å². The highest BCUT2D eigenvalue weighted by molar-refractivity contribution is 5.85. The maximum Gasteiger partial charge on any atom is 0.239 e. The lowest BCUT2D eigenvalue weighted by atomic mass is 10.0. The van der Waals surface area contributed by atoms with E-state index in [1.165, 1.54) is 25.7 Å². The number of piperidine rings is 2. The molecule has 1 amide bonds. The van der Waals surface area contributed by atoms with E-state index in [1.807, 2.05) is 4.90 Å². The van der Waals surface area contributed by atoms with Crippen LogP contribution in [0, 0.1) is 0 Å². The number of likely N-dealkylation sites (tertiary alicyclic amines) is 1. The van der Waals surface area contributed by atoms with Crippen molar-refractivity contribution in [1.29, 1.82) is 0 Å². The summed E-state index contributed by atoms with van der Waals surface area (Å²) in [6, 6.07) is 0.0573. The molecule has 3 aliphatic rings.